The Kier molecular flexibility index (Phi) is 6.41. The van der Waals surface area contributed by atoms with Gasteiger partial charge in [0.15, 0.2) is 0 Å². The van der Waals surface area contributed by atoms with Crippen LogP contribution in [0.5, 0.6) is 0 Å². The quantitative estimate of drug-likeness (QED) is 0.644. The van der Waals surface area contributed by atoms with Gasteiger partial charge in [-0.2, -0.15) is 0 Å². The van der Waals surface area contributed by atoms with E-state index >= 15 is 0 Å². The molecule has 0 unspecified atom stereocenters. The predicted molar refractivity (Wildman–Crippen MR) is 112 cm³/mol. The molecule has 3 heterocycles. The van der Waals surface area contributed by atoms with E-state index in [1.54, 1.807) is 29.7 Å². The number of pyridine rings is 2. The normalized spacial score (nSPS) is 14.5. The summed E-state index contributed by atoms with van der Waals surface area (Å²) in [5.41, 5.74) is 1.98. The van der Waals surface area contributed by atoms with Gasteiger partial charge in [-0.25, -0.2) is 4.79 Å². The monoisotopic (exact) mass is 408 g/mol. The van der Waals surface area contributed by atoms with Crippen LogP contribution in [0.2, 0.25) is 0 Å². The molecule has 0 aromatic carbocycles. The summed E-state index contributed by atoms with van der Waals surface area (Å²) in [6, 6.07) is 7.47. The van der Waals surface area contributed by atoms with Gasteiger partial charge in [0.25, 0.3) is 0 Å². The van der Waals surface area contributed by atoms with Crippen LogP contribution in [-0.2, 0) is 13.1 Å². The molecule has 1 aliphatic carbocycles. The van der Waals surface area contributed by atoms with Gasteiger partial charge in [-0.05, 0) is 42.2 Å². The molecule has 1 N–H and O–H groups in total. The average Bonchev–Trinajstić information content (AvgIpc) is 3.24. The molecule has 0 bridgehead atoms. The van der Waals surface area contributed by atoms with E-state index in [4.69, 9.17) is 0 Å². The first kappa shape index (κ1) is 19.4. The molecule has 4 rings (SSSR count). The summed E-state index contributed by atoms with van der Waals surface area (Å²) >= 11 is 1.49. The third kappa shape index (κ3) is 5.35. The Balaban J connectivity index is 1.46. The van der Waals surface area contributed by atoms with Crippen LogP contribution in [0.15, 0.2) is 49.1 Å². The molecule has 3 aromatic rings. The number of rotatable bonds is 6. The zero-order chi connectivity index (χ0) is 19.9. The van der Waals surface area contributed by atoms with Crippen LogP contribution in [0.25, 0.3) is 0 Å². The number of carbonyl (C=O) groups excluding carboxylic acids is 1. The van der Waals surface area contributed by atoms with Gasteiger partial charge in [0, 0.05) is 43.8 Å². The Bertz CT molecular complexity index is 870. The Hall–Kier alpha value is -2.87. The maximum absolute atomic E-state index is 13.0. The van der Waals surface area contributed by atoms with Crippen molar-refractivity contribution in [2.75, 3.05) is 5.32 Å². The van der Waals surface area contributed by atoms with Crippen LogP contribution < -0.4 is 5.32 Å². The molecular weight excluding hydrogens is 384 g/mol. The highest BCUT2D eigenvalue weighted by molar-refractivity contribution is 7.15. The molecule has 0 spiro atoms. The zero-order valence-corrected chi connectivity index (χ0v) is 17.0. The summed E-state index contributed by atoms with van der Waals surface area (Å²) in [6.07, 6.45) is 13.1. The second-order valence-electron chi connectivity index (χ2n) is 7.28. The second kappa shape index (κ2) is 9.56. The summed E-state index contributed by atoms with van der Waals surface area (Å²) < 4.78 is 0. The van der Waals surface area contributed by atoms with Crippen LogP contribution in [-0.4, -0.2) is 31.1 Å². The molecule has 150 valence electrons. The van der Waals surface area contributed by atoms with Crippen molar-refractivity contribution in [2.45, 2.75) is 51.1 Å². The van der Waals surface area contributed by atoms with Crippen LogP contribution in [0, 0.1) is 0 Å². The minimum Gasteiger partial charge on any atom is -0.316 e. The molecule has 1 aliphatic rings. The molecule has 1 saturated carbocycles. The van der Waals surface area contributed by atoms with E-state index in [1.807, 2.05) is 24.3 Å². The van der Waals surface area contributed by atoms with E-state index in [9.17, 15) is 4.79 Å². The maximum atomic E-state index is 13.0. The van der Waals surface area contributed by atoms with Crippen molar-refractivity contribution < 1.29 is 4.79 Å². The van der Waals surface area contributed by atoms with Gasteiger partial charge in [-0.3, -0.25) is 15.3 Å². The summed E-state index contributed by atoms with van der Waals surface area (Å²) in [5, 5.41) is 13.1. The number of amides is 2. The predicted octanol–water partition coefficient (Wildman–Crippen LogP) is 4.61. The largest absolute Gasteiger partial charge is 0.324 e. The average molecular weight is 409 g/mol. The van der Waals surface area contributed by atoms with Gasteiger partial charge in [-0.15, -0.1) is 10.2 Å². The van der Waals surface area contributed by atoms with Gasteiger partial charge in [-0.1, -0.05) is 36.7 Å². The molecule has 0 atom stereocenters. The van der Waals surface area contributed by atoms with Gasteiger partial charge in [0.2, 0.25) is 5.13 Å². The van der Waals surface area contributed by atoms with Crippen molar-refractivity contribution in [2.24, 2.45) is 0 Å². The number of nitrogens with one attached hydrogen (secondary N) is 1. The molecule has 29 heavy (non-hydrogen) atoms. The van der Waals surface area contributed by atoms with E-state index in [0.29, 0.717) is 24.1 Å². The van der Waals surface area contributed by atoms with Crippen molar-refractivity contribution in [3.8, 4) is 0 Å². The summed E-state index contributed by atoms with van der Waals surface area (Å²) in [7, 11) is 0. The molecule has 8 heteroatoms. The first-order chi connectivity index (χ1) is 14.3. The van der Waals surface area contributed by atoms with Crippen LogP contribution in [0.1, 0.15) is 54.2 Å². The lowest BCUT2D eigenvalue weighted by Crippen LogP contribution is -2.34. The van der Waals surface area contributed by atoms with E-state index in [-0.39, 0.29) is 6.03 Å². The van der Waals surface area contributed by atoms with Crippen LogP contribution in [0.4, 0.5) is 9.93 Å². The highest BCUT2D eigenvalue weighted by Crippen LogP contribution is 2.35. The van der Waals surface area contributed by atoms with Crippen molar-refractivity contribution in [1.82, 2.24) is 25.1 Å². The molecule has 2 amide bonds. The molecule has 3 aromatic heterocycles. The fourth-order valence-electron chi connectivity index (χ4n) is 3.59. The maximum Gasteiger partial charge on any atom is 0.324 e. The summed E-state index contributed by atoms with van der Waals surface area (Å²) in [6.45, 7) is 0.924. The Morgan fingerprint density at radius 1 is 1.00 bits per heavy atom. The molecule has 7 nitrogen and oxygen atoms in total. The highest BCUT2D eigenvalue weighted by atomic mass is 32.1. The Morgan fingerprint density at radius 2 is 1.79 bits per heavy atom. The number of aromatic nitrogens is 4. The van der Waals surface area contributed by atoms with Gasteiger partial charge in [0.05, 0.1) is 0 Å². The van der Waals surface area contributed by atoms with Crippen molar-refractivity contribution >= 4 is 22.5 Å². The zero-order valence-electron chi connectivity index (χ0n) is 16.2. The van der Waals surface area contributed by atoms with Crippen molar-refractivity contribution in [3.05, 3.63) is 65.2 Å². The van der Waals surface area contributed by atoms with Gasteiger partial charge >= 0.3 is 6.03 Å². The molecule has 0 aliphatic heterocycles. The van der Waals surface area contributed by atoms with Crippen LogP contribution >= 0.6 is 11.3 Å². The topological polar surface area (TPSA) is 83.9 Å². The smallest absolute Gasteiger partial charge is 0.316 e. The standard InChI is InChI=1S/C21H24N6OS/c28-21(24-20-26-25-19(29-20)18-6-2-1-3-7-18)27(14-16-8-11-22-12-9-16)15-17-5-4-10-23-13-17/h4-5,8-13,18H,1-3,6-7,14-15H2,(H,24,26,28). The minimum atomic E-state index is -0.197. The molecular formula is C21H24N6OS. The molecule has 0 radical (unpaired) electrons. The molecule has 1 fully saturated rings. The number of hydrogen-bond acceptors (Lipinski definition) is 6. The van der Waals surface area contributed by atoms with E-state index in [0.717, 1.165) is 29.0 Å². The lowest BCUT2D eigenvalue weighted by atomic mass is 9.90. The fraction of sp³-hybridized carbons (Fsp3) is 0.381. The van der Waals surface area contributed by atoms with E-state index in [2.05, 4.69) is 25.5 Å². The lowest BCUT2D eigenvalue weighted by Gasteiger charge is -2.22. The van der Waals surface area contributed by atoms with Gasteiger partial charge < -0.3 is 4.90 Å². The summed E-state index contributed by atoms with van der Waals surface area (Å²) in [5.74, 6) is 0.482. The van der Waals surface area contributed by atoms with Crippen LogP contribution in [0.3, 0.4) is 0 Å². The number of anilines is 1. The number of urea groups is 1. The third-order valence-electron chi connectivity index (χ3n) is 5.12. The number of hydrogen-bond donors (Lipinski definition) is 1. The third-order valence-corrected chi connectivity index (χ3v) is 6.12. The van der Waals surface area contributed by atoms with E-state index < -0.39 is 0 Å². The highest BCUT2D eigenvalue weighted by Gasteiger charge is 2.21. The van der Waals surface area contributed by atoms with Crippen molar-refractivity contribution in [1.29, 1.82) is 0 Å². The second-order valence-corrected chi connectivity index (χ2v) is 8.29. The van der Waals surface area contributed by atoms with Gasteiger partial charge in [0.1, 0.15) is 5.01 Å². The minimum absolute atomic E-state index is 0.197. The first-order valence-corrected chi connectivity index (χ1v) is 10.8. The first-order valence-electron chi connectivity index (χ1n) is 9.95. The number of nitrogens with zero attached hydrogens (tertiary/aromatic N) is 5. The Morgan fingerprint density at radius 3 is 2.55 bits per heavy atom. The lowest BCUT2D eigenvalue weighted by molar-refractivity contribution is 0.206. The van der Waals surface area contributed by atoms with E-state index in [1.165, 1.54) is 30.6 Å². The number of carbonyl (C=O) groups is 1. The van der Waals surface area contributed by atoms with Crippen molar-refractivity contribution in [3.63, 3.8) is 0 Å². The SMILES string of the molecule is O=C(Nc1nnc(C2CCCCC2)s1)N(Cc1ccncc1)Cc1cccnc1. The fourth-order valence-corrected chi connectivity index (χ4v) is 4.49. The Labute approximate surface area is 174 Å². The summed E-state index contributed by atoms with van der Waals surface area (Å²) in [4.78, 5) is 23.0. The molecule has 0 saturated heterocycles.